The van der Waals surface area contributed by atoms with Gasteiger partial charge in [-0.2, -0.15) is 0 Å². The Morgan fingerprint density at radius 1 is 1.53 bits per heavy atom. The molecule has 1 aromatic heterocycles. The maximum absolute atomic E-state index is 11.8. The normalized spacial score (nSPS) is 21.0. The van der Waals surface area contributed by atoms with Crippen LogP contribution in [0.5, 0.6) is 0 Å². The Labute approximate surface area is 105 Å². The Morgan fingerprint density at radius 3 is 2.82 bits per heavy atom. The van der Waals surface area contributed by atoms with E-state index < -0.39 is 0 Å². The first-order valence-electron chi connectivity index (χ1n) is 5.91. The average molecular weight is 254 g/mol. The predicted molar refractivity (Wildman–Crippen MR) is 68.3 cm³/mol. The Hall–Kier alpha value is -1.17. The highest BCUT2D eigenvalue weighted by molar-refractivity contribution is 7.17. The molecule has 1 aliphatic rings. The Kier molecular flexibility index (Phi) is 3.33. The van der Waals surface area contributed by atoms with Crippen molar-refractivity contribution in [1.82, 2.24) is 15.5 Å². The monoisotopic (exact) mass is 254 g/mol. The number of rotatable bonds is 5. The molecule has 94 valence electrons. The van der Waals surface area contributed by atoms with E-state index in [4.69, 9.17) is 0 Å². The largest absolute Gasteiger partial charge is 0.360 e. The minimum absolute atomic E-state index is 0.109. The topological polar surface area (TPSA) is 66.9 Å². The van der Waals surface area contributed by atoms with Crippen molar-refractivity contribution < 1.29 is 4.79 Å². The Morgan fingerprint density at radius 2 is 2.24 bits per heavy atom. The second-order valence-electron chi connectivity index (χ2n) is 5.06. The zero-order valence-electron chi connectivity index (χ0n) is 10.4. The van der Waals surface area contributed by atoms with Crippen molar-refractivity contribution in [1.29, 1.82) is 0 Å². The number of amides is 1. The number of aromatic nitrogens is 2. The molecule has 1 aromatic rings. The van der Waals surface area contributed by atoms with Gasteiger partial charge in [0.1, 0.15) is 0 Å². The molecule has 1 aliphatic carbocycles. The highest BCUT2D eigenvalue weighted by Gasteiger charge is 2.46. The van der Waals surface area contributed by atoms with Gasteiger partial charge in [-0.15, -0.1) is 10.2 Å². The zero-order valence-corrected chi connectivity index (χ0v) is 11.2. The van der Waals surface area contributed by atoms with Crippen LogP contribution in [-0.4, -0.2) is 28.7 Å². The molecule has 0 saturated heterocycles. The predicted octanol–water partition coefficient (Wildman–Crippen LogP) is 1.89. The van der Waals surface area contributed by atoms with Crippen LogP contribution >= 0.6 is 11.3 Å². The molecule has 6 heteroatoms. The van der Waals surface area contributed by atoms with E-state index in [1.165, 1.54) is 11.3 Å². The molecule has 1 fully saturated rings. The van der Waals surface area contributed by atoms with Crippen molar-refractivity contribution in [2.24, 2.45) is 5.41 Å². The molecule has 1 heterocycles. The van der Waals surface area contributed by atoms with Gasteiger partial charge in [0.05, 0.1) is 0 Å². The van der Waals surface area contributed by atoms with Crippen LogP contribution in [0.4, 0.5) is 5.13 Å². The molecule has 0 radical (unpaired) electrons. The molecule has 0 bridgehead atoms. The Bertz CT molecular complexity index is 415. The molecule has 2 rings (SSSR count). The molecule has 17 heavy (non-hydrogen) atoms. The summed E-state index contributed by atoms with van der Waals surface area (Å²) in [7, 11) is 0. The molecule has 0 aliphatic heterocycles. The van der Waals surface area contributed by atoms with Crippen LogP contribution < -0.4 is 10.6 Å². The van der Waals surface area contributed by atoms with Crippen LogP contribution in [0.15, 0.2) is 0 Å². The lowest BCUT2D eigenvalue weighted by Crippen LogP contribution is -2.28. The molecule has 1 saturated carbocycles. The summed E-state index contributed by atoms with van der Waals surface area (Å²) in [5, 5.41) is 15.1. The van der Waals surface area contributed by atoms with Gasteiger partial charge < -0.3 is 10.6 Å². The third-order valence-corrected chi connectivity index (χ3v) is 3.84. The van der Waals surface area contributed by atoms with Crippen molar-refractivity contribution in [2.75, 3.05) is 11.9 Å². The number of carbonyl (C=O) groups excluding carboxylic acids is 1. The highest BCUT2D eigenvalue weighted by Crippen LogP contribution is 2.44. The van der Waals surface area contributed by atoms with Gasteiger partial charge in [0.25, 0.3) is 5.91 Å². The second-order valence-corrected chi connectivity index (χ2v) is 6.04. The van der Waals surface area contributed by atoms with Crippen molar-refractivity contribution in [3.05, 3.63) is 5.01 Å². The summed E-state index contributed by atoms with van der Waals surface area (Å²) >= 11 is 1.31. The van der Waals surface area contributed by atoms with Crippen molar-refractivity contribution >= 4 is 22.4 Å². The smallest absolute Gasteiger partial charge is 0.282 e. The molecule has 1 atom stereocenters. The minimum atomic E-state index is -0.109. The van der Waals surface area contributed by atoms with Gasteiger partial charge in [0.2, 0.25) is 10.1 Å². The third kappa shape index (κ3) is 2.94. The second kappa shape index (κ2) is 4.60. The number of nitrogens with zero attached hydrogens (tertiary/aromatic N) is 2. The summed E-state index contributed by atoms with van der Waals surface area (Å²) < 4.78 is 0. The van der Waals surface area contributed by atoms with Gasteiger partial charge in [0.15, 0.2) is 0 Å². The number of carbonyl (C=O) groups is 1. The van der Waals surface area contributed by atoms with Crippen molar-refractivity contribution in [2.45, 2.75) is 39.7 Å². The standard InChI is InChI=1S/C11H18N4OS/c1-4-5-12-10-15-14-9(17-10)8(16)13-7-6-11(7,2)3/h7H,4-6H2,1-3H3,(H,12,15)(H,13,16). The van der Waals surface area contributed by atoms with Gasteiger partial charge in [0, 0.05) is 12.6 Å². The van der Waals surface area contributed by atoms with Crippen LogP contribution in [0.25, 0.3) is 0 Å². The van der Waals surface area contributed by atoms with Gasteiger partial charge in [-0.25, -0.2) is 0 Å². The summed E-state index contributed by atoms with van der Waals surface area (Å²) in [4.78, 5) is 11.8. The number of hydrogen-bond donors (Lipinski definition) is 2. The van der Waals surface area contributed by atoms with E-state index in [1.807, 2.05) is 0 Å². The van der Waals surface area contributed by atoms with Gasteiger partial charge in [-0.05, 0) is 18.3 Å². The molecule has 0 aromatic carbocycles. The molecule has 1 unspecified atom stereocenters. The number of anilines is 1. The van der Waals surface area contributed by atoms with E-state index in [-0.39, 0.29) is 17.4 Å². The molecule has 1 amide bonds. The van der Waals surface area contributed by atoms with E-state index in [2.05, 4.69) is 41.6 Å². The first kappa shape index (κ1) is 12.3. The zero-order chi connectivity index (χ0) is 12.5. The lowest BCUT2D eigenvalue weighted by Gasteiger charge is -2.03. The van der Waals surface area contributed by atoms with Crippen LogP contribution in [-0.2, 0) is 0 Å². The quantitative estimate of drug-likeness (QED) is 0.842. The first-order chi connectivity index (χ1) is 8.03. The molecule has 5 nitrogen and oxygen atoms in total. The number of nitrogens with one attached hydrogen (secondary N) is 2. The van der Waals surface area contributed by atoms with E-state index >= 15 is 0 Å². The van der Waals surface area contributed by atoms with Crippen LogP contribution in [0.2, 0.25) is 0 Å². The van der Waals surface area contributed by atoms with E-state index in [0.29, 0.717) is 10.1 Å². The summed E-state index contributed by atoms with van der Waals surface area (Å²) in [6, 6.07) is 0.283. The summed E-state index contributed by atoms with van der Waals surface area (Å²) in [6.45, 7) is 7.22. The van der Waals surface area contributed by atoms with Crippen LogP contribution in [0.1, 0.15) is 43.4 Å². The van der Waals surface area contributed by atoms with E-state index in [9.17, 15) is 4.79 Å². The summed E-state index contributed by atoms with van der Waals surface area (Å²) in [5.74, 6) is -0.109. The molecular formula is C11H18N4OS. The maximum atomic E-state index is 11.8. The van der Waals surface area contributed by atoms with E-state index in [0.717, 1.165) is 19.4 Å². The highest BCUT2D eigenvalue weighted by atomic mass is 32.1. The van der Waals surface area contributed by atoms with Crippen molar-refractivity contribution in [3.8, 4) is 0 Å². The molecular weight excluding hydrogens is 236 g/mol. The van der Waals surface area contributed by atoms with E-state index in [1.54, 1.807) is 0 Å². The fraction of sp³-hybridized carbons (Fsp3) is 0.727. The van der Waals surface area contributed by atoms with Gasteiger partial charge in [-0.3, -0.25) is 4.79 Å². The average Bonchev–Trinajstić information content (AvgIpc) is 2.71. The lowest BCUT2D eigenvalue weighted by molar-refractivity contribution is 0.0945. The fourth-order valence-electron chi connectivity index (χ4n) is 1.55. The SMILES string of the molecule is CCCNc1nnc(C(=O)NC2CC2(C)C)s1. The van der Waals surface area contributed by atoms with Crippen LogP contribution in [0.3, 0.4) is 0 Å². The van der Waals surface area contributed by atoms with Gasteiger partial charge in [-0.1, -0.05) is 32.1 Å². The summed E-state index contributed by atoms with van der Waals surface area (Å²) in [6.07, 6.45) is 2.07. The van der Waals surface area contributed by atoms with Crippen LogP contribution in [0, 0.1) is 5.41 Å². The fourth-order valence-corrected chi connectivity index (χ4v) is 2.22. The van der Waals surface area contributed by atoms with Crippen molar-refractivity contribution in [3.63, 3.8) is 0 Å². The minimum Gasteiger partial charge on any atom is -0.360 e. The van der Waals surface area contributed by atoms with Gasteiger partial charge >= 0.3 is 0 Å². The molecule has 2 N–H and O–H groups in total. The molecule has 0 spiro atoms. The Balaban J connectivity index is 1.89. The summed E-state index contributed by atoms with van der Waals surface area (Å²) in [5.41, 5.74) is 0.240. The third-order valence-electron chi connectivity index (χ3n) is 2.96. The number of hydrogen-bond acceptors (Lipinski definition) is 5. The maximum Gasteiger partial charge on any atom is 0.282 e. The lowest BCUT2D eigenvalue weighted by atomic mass is 10.2. The first-order valence-corrected chi connectivity index (χ1v) is 6.73.